The van der Waals surface area contributed by atoms with Crippen molar-refractivity contribution in [2.75, 3.05) is 30.8 Å². The first-order valence-corrected chi connectivity index (χ1v) is 11.8. The van der Waals surface area contributed by atoms with E-state index in [0.29, 0.717) is 43.2 Å². The molecule has 1 saturated heterocycles. The highest BCUT2D eigenvalue weighted by Crippen LogP contribution is 2.33. The number of carbonyl (C=O) groups is 1. The molecule has 9 heteroatoms. The van der Waals surface area contributed by atoms with Gasteiger partial charge in [0.25, 0.3) is 0 Å². The van der Waals surface area contributed by atoms with Crippen LogP contribution in [0.5, 0.6) is 17.2 Å². The zero-order valence-electron chi connectivity index (χ0n) is 19.6. The Morgan fingerprint density at radius 1 is 1.14 bits per heavy atom. The van der Waals surface area contributed by atoms with Crippen molar-refractivity contribution in [2.24, 2.45) is 0 Å². The zero-order chi connectivity index (χ0) is 24.2. The van der Waals surface area contributed by atoms with Crippen LogP contribution < -0.4 is 25.4 Å². The van der Waals surface area contributed by atoms with Crippen molar-refractivity contribution < 1.29 is 19.0 Å². The van der Waals surface area contributed by atoms with Gasteiger partial charge in [0.15, 0.2) is 11.5 Å². The van der Waals surface area contributed by atoms with Crippen LogP contribution in [0.4, 0.5) is 11.8 Å². The van der Waals surface area contributed by atoms with E-state index in [1.165, 1.54) is 0 Å². The van der Waals surface area contributed by atoms with Crippen LogP contribution in [0, 0.1) is 0 Å². The Morgan fingerprint density at radius 3 is 2.91 bits per heavy atom. The molecular formula is C26H29N5O4. The van der Waals surface area contributed by atoms with Crippen LogP contribution in [0.15, 0.2) is 54.7 Å². The van der Waals surface area contributed by atoms with Crippen molar-refractivity contribution in [3.05, 3.63) is 65.9 Å². The highest BCUT2D eigenvalue weighted by atomic mass is 16.5. The fourth-order valence-electron chi connectivity index (χ4n) is 4.54. The van der Waals surface area contributed by atoms with Crippen molar-refractivity contribution >= 4 is 17.7 Å². The molecule has 35 heavy (non-hydrogen) atoms. The van der Waals surface area contributed by atoms with Gasteiger partial charge in [0, 0.05) is 25.7 Å². The number of anilines is 2. The Hall–Kier alpha value is -3.85. The van der Waals surface area contributed by atoms with Gasteiger partial charge in [-0.25, -0.2) is 4.98 Å². The topological polar surface area (TPSA) is 112 Å². The van der Waals surface area contributed by atoms with Crippen molar-refractivity contribution in [1.29, 1.82) is 0 Å². The molecule has 5 rings (SSSR count). The zero-order valence-corrected chi connectivity index (χ0v) is 19.6. The number of aryl methyl sites for hydroxylation is 1. The summed E-state index contributed by atoms with van der Waals surface area (Å²) in [6.45, 7) is 1.72. The van der Waals surface area contributed by atoms with Crippen LogP contribution in [-0.2, 0) is 22.6 Å². The molecule has 0 radical (unpaired) electrons. The Morgan fingerprint density at radius 2 is 2.06 bits per heavy atom. The van der Waals surface area contributed by atoms with Gasteiger partial charge in [-0.2, -0.15) is 4.98 Å². The minimum absolute atomic E-state index is 0.0265. The van der Waals surface area contributed by atoms with Gasteiger partial charge in [-0.15, -0.1) is 0 Å². The third-order valence-electron chi connectivity index (χ3n) is 6.34. The molecule has 3 aromatic rings. The summed E-state index contributed by atoms with van der Waals surface area (Å²) < 4.78 is 18.0. The summed E-state index contributed by atoms with van der Waals surface area (Å²) in [5, 5.41) is 3.20. The Bertz CT molecular complexity index is 1200. The predicted molar refractivity (Wildman–Crippen MR) is 132 cm³/mol. The number of carbonyl (C=O) groups excluding carboxylic acids is 1. The van der Waals surface area contributed by atoms with Gasteiger partial charge in [0.05, 0.1) is 25.9 Å². The quantitative estimate of drug-likeness (QED) is 0.582. The number of nitrogens with zero attached hydrogens (tertiary/aromatic N) is 3. The number of aromatic nitrogens is 2. The third-order valence-corrected chi connectivity index (χ3v) is 6.34. The second-order valence-electron chi connectivity index (χ2n) is 8.77. The molecule has 1 amide bonds. The number of fused-ring (bicyclic) bond motifs is 5. The Kier molecular flexibility index (Phi) is 6.67. The van der Waals surface area contributed by atoms with Gasteiger partial charge >= 0.3 is 0 Å². The first kappa shape index (κ1) is 22.9. The standard InChI is InChI=1S/C26H29N5O4/c1-33-22-7-5-17-6-8-25(32)29-20-15-31(24-9-11-28-26(27)30-24)12-10-21(20)34-16-18-3-2-4-19(13-18)35-23(22)14-17/h2-5,7,9,11,13-14,20-21H,6,8,10,12,15-16H2,1H3,(H,29,32)(H2,27,28,30)/t20-,21+/m0/s1. The van der Waals surface area contributed by atoms with E-state index < -0.39 is 0 Å². The molecule has 9 nitrogen and oxygen atoms in total. The summed E-state index contributed by atoms with van der Waals surface area (Å²) in [5.74, 6) is 2.91. The molecule has 3 N–H and O–H groups in total. The van der Waals surface area contributed by atoms with Crippen molar-refractivity contribution in [3.63, 3.8) is 0 Å². The molecule has 0 unspecified atom stereocenters. The largest absolute Gasteiger partial charge is 0.493 e. The summed E-state index contributed by atoms with van der Waals surface area (Å²) >= 11 is 0. The van der Waals surface area contributed by atoms with Crippen LogP contribution in [0.3, 0.4) is 0 Å². The van der Waals surface area contributed by atoms with Crippen LogP contribution in [0.2, 0.25) is 0 Å². The molecule has 2 aromatic carbocycles. The summed E-state index contributed by atoms with van der Waals surface area (Å²) in [6, 6.07) is 15.2. The van der Waals surface area contributed by atoms with Crippen molar-refractivity contribution in [1.82, 2.24) is 15.3 Å². The van der Waals surface area contributed by atoms with Crippen molar-refractivity contribution in [3.8, 4) is 17.2 Å². The monoisotopic (exact) mass is 475 g/mol. The highest BCUT2D eigenvalue weighted by molar-refractivity contribution is 5.76. The lowest BCUT2D eigenvalue weighted by Gasteiger charge is -2.39. The van der Waals surface area contributed by atoms with Gasteiger partial charge < -0.3 is 30.2 Å². The van der Waals surface area contributed by atoms with Gasteiger partial charge in [-0.1, -0.05) is 18.2 Å². The van der Waals surface area contributed by atoms with E-state index in [9.17, 15) is 4.79 Å². The number of benzene rings is 2. The lowest BCUT2D eigenvalue weighted by atomic mass is 10.0. The van der Waals surface area contributed by atoms with E-state index in [0.717, 1.165) is 29.9 Å². The second-order valence-corrected chi connectivity index (χ2v) is 8.77. The molecule has 1 fully saturated rings. The molecule has 4 bridgehead atoms. The number of nitrogen functional groups attached to an aromatic ring is 1. The molecule has 182 valence electrons. The fraction of sp³-hybridized carbons (Fsp3) is 0.346. The van der Waals surface area contributed by atoms with E-state index in [1.54, 1.807) is 13.3 Å². The Labute approximate surface area is 204 Å². The van der Waals surface area contributed by atoms with E-state index in [2.05, 4.69) is 20.2 Å². The molecule has 0 saturated carbocycles. The number of piperidine rings is 1. The van der Waals surface area contributed by atoms with Crippen LogP contribution in [0.25, 0.3) is 0 Å². The lowest BCUT2D eigenvalue weighted by Crippen LogP contribution is -2.56. The molecule has 0 spiro atoms. The fourth-order valence-corrected chi connectivity index (χ4v) is 4.54. The average Bonchev–Trinajstić information content (AvgIpc) is 2.87. The molecule has 0 aliphatic carbocycles. The number of hydrogen-bond acceptors (Lipinski definition) is 8. The van der Waals surface area contributed by atoms with Crippen molar-refractivity contribution in [2.45, 2.75) is 38.0 Å². The SMILES string of the molecule is COc1ccc2cc1Oc1cccc(c1)CO[C@@H]1CCN(c3ccnc(N)n3)C[C@@H]1NC(=O)CC2. The number of rotatable bonds is 2. The molecule has 2 atom stereocenters. The minimum atomic E-state index is -0.191. The number of nitrogens with two attached hydrogens (primary N) is 1. The number of hydrogen-bond donors (Lipinski definition) is 2. The maximum Gasteiger partial charge on any atom is 0.221 e. The third kappa shape index (κ3) is 5.46. The van der Waals surface area contributed by atoms with E-state index in [1.807, 2.05) is 48.5 Å². The van der Waals surface area contributed by atoms with Gasteiger partial charge in [-0.3, -0.25) is 4.79 Å². The average molecular weight is 476 g/mol. The highest BCUT2D eigenvalue weighted by Gasteiger charge is 2.32. The molecule has 3 heterocycles. The van der Waals surface area contributed by atoms with Crippen LogP contribution in [0.1, 0.15) is 24.0 Å². The first-order chi connectivity index (χ1) is 17.1. The van der Waals surface area contributed by atoms with Gasteiger partial charge in [0.2, 0.25) is 11.9 Å². The number of amides is 1. The number of methoxy groups -OCH3 is 1. The van der Waals surface area contributed by atoms with E-state index >= 15 is 0 Å². The van der Waals surface area contributed by atoms with E-state index in [-0.39, 0.29) is 24.0 Å². The first-order valence-electron chi connectivity index (χ1n) is 11.8. The smallest absolute Gasteiger partial charge is 0.221 e. The van der Waals surface area contributed by atoms with Crippen LogP contribution >= 0.6 is 0 Å². The predicted octanol–water partition coefficient (Wildman–Crippen LogP) is 3.09. The minimum Gasteiger partial charge on any atom is -0.493 e. The molecular weight excluding hydrogens is 446 g/mol. The molecule has 1 aromatic heterocycles. The Balaban J connectivity index is 1.41. The second kappa shape index (κ2) is 10.2. The summed E-state index contributed by atoms with van der Waals surface area (Å²) in [6.07, 6.45) is 3.18. The maximum atomic E-state index is 13.0. The maximum absolute atomic E-state index is 13.0. The number of ether oxygens (including phenoxy) is 3. The normalized spacial score (nSPS) is 20.5. The number of nitrogens with one attached hydrogen (secondary N) is 1. The van der Waals surface area contributed by atoms with Gasteiger partial charge in [-0.05, 0) is 54.3 Å². The summed E-state index contributed by atoms with van der Waals surface area (Å²) in [5.41, 5.74) is 7.77. The van der Waals surface area contributed by atoms with Crippen LogP contribution in [-0.4, -0.2) is 48.2 Å². The lowest BCUT2D eigenvalue weighted by molar-refractivity contribution is -0.123. The summed E-state index contributed by atoms with van der Waals surface area (Å²) in [7, 11) is 1.61. The molecule has 2 aliphatic heterocycles. The van der Waals surface area contributed by atoms with Gasteiger partial charge in [0.1, 0.15) is 11.6 Å². The van der Waals surface area contributed by atoms with E-state index in [4.69, 9.17) is 19.9 Å². The molecule has 2 aliphatic rings. The summed E-state index contributed by atoms with van der Waals surface area (Å²) in [4.78, 5) is 23.4.